The minimum absolute atomic E-state index is 0.0126. The number of rotatable bonds is 7. The van der Waals surface area contributed by atoms with E-state index in [9.17, 15) is 4.79 Å². The summed E-state index contributed by atoms with van der Waals surface area (Å²) in [5, 5.41) is 8.71. The molecule has 0 aliphatic heterocycles. The van der Waals surface area contributed by atoms with Crippen LogP contribution in [0.2, 0.25) is 0 Å². The van der Waals surface area contributed by atoms with Gasteiger partial charge in [-0.1, -0.05) is 18.2 Å². The Morgan fingerprint density at radius 1 is 1.16 bits per heavy atom. The van der Waals surface area contributed by atoms with Crippen LogP contribution in [0.1, 0.15) is 27.7 Å². The van der Waals surface area contributed by atoms with E-state index in [4.69, 9.17) is 0 Å². The highest BCUT2D eigenvalue weighted by molar-refractivity contribution is 7.09. The van der Waals surface area contributed by atoms with Crippen molar-refractivity contribution in [2.24, 2.45) is 4.99 Å². The standard InChI is InChI=1S/C19H26N4OS/c1-4-20-19(21-12-11-17-6-5-13-25-17)22-14-15-7-9-16(10-8-15)18(24)23(2)3/h5-10,13H,4,11-12,14H2,1-3H3,(H2,20,21,22). The molecule has 5 nitrogen and oxygen atoms in total. The Labute approximate surface area is 153 Å². The van der Waals surface area contributed by atoms with Gasteiger partial charge in [-0.25, -0.2) is 4.99 Å². The second kappa shape index (κ2) is 9.84. The second-order valence-corrected chi connectivity index (χ2v) is 6.88. The van der Waals surface area contributed by atoms with Crippen LogP contribution in [-0.2, 0) is 13.0 Å². The second-order valence-electron chi connectivity index (χ2n) is 5.85. The molecule has 0 aliphatic rings. The molecule has 0 radical (unpaired) electrons. The summed E-state index contributed by atoms with van der Waals surface area (Å²) in [6, 6.07) is 11.8. The van der Waals surface area contributed by atoms with Crippen LogP contribution >= 0.6 is 11.3 Å². The first kappa shape index (κ1) is 19.0. The molecule has 2 rings (SSSR count). The highest BCUT2D eigenvalue weighted by Gasteiger charge is 2.07. The summed E-state index contributed by atoms with van der Waals surface area (Å²) < 4.78 is 0. The molecule has 1 heterocycles. The van der Waals surface area contributed by atoms with E-state index in [1.165, 1.54) is 4.88 Å². The number of hydrogen-bond acceptors (Lipinski definition) is 3. The third kappa shape index (κ3) is 6.23. The van der Waals surface area contributed by atoms with Crippen LogP contribution in [0, 0.1) is 0 Å². The summed E-state index contributed by atoms with van der Waals surface area (Å²) in [6.07, 6.45) is 0.990. The van der Waals surface area contributed by atoms with Gasteiger partial charge in [0.15, 0.2) is 5.96 Å². The van der Waals surface area contributed by atoms with Gasteiger partial charge in [-0.3, -0.25) is 4.79 Å². The fourth-order valence-corrected chi connectivity index (χ4v) is 2.99. The number of aliphatic imine (C=N–C) groups is 1. The van der Waals surface area contributed by atoms with Gasteiger partial charge in [0.05, 0.1) is 6.54 Å². The summed E-state index contributed by atoms with van der Waals surface area (Å²) >= 11 is 1.77. The third-order valence-corrected chi connectivity index (χ3v) is 4.55. The van der Waals surface area contributed by atoms with Crippen LogP contribution < -0.4 is 10.6 Å². The van der Waals surface area contributed by atoms with Crippen molar-refractivity contribution in [2.75, 3.05) is 27.2 Å². The van der Waals surface area contributed by atoms with E-state index < -0.39 is 0 Å². The van der Waals surface area contributed by atoms with Crippen LogP contribution in [0.25, 0.3) is 0 Å². The van der Waals surface area contributed by atoms with Crippen molar-refractivity contribution < 1.29 is 4.79 Å². The number of benzene rings is 1. The van der Waals surface area contributed by atoms with Gasteiger partial charge in [-0.15, -0.1) is 11.3 Å². The minimum atomic E-state index is 0.0126. The first-order chi connectivity index (χ1) is 12.1. The molecule has 0 unspecified atom stereocenters. The number of carbonyl (C=O) groups is 1. The number of nitrogens with one attached hydrogen (secondary N) is 2. The number of guanidine groups is 1. The molecule has 0 saturated heterocycles. The molecular weight excluding hydrogens is 332 g/mol. The average Bonchev–Trinajstić information content (AvgIpc) is 3.13. The van der Waals surface area contributed by atoms with Gasteiger partial charge in [0.25, 0.3) is 5.91 Å². The summed E-state index contributed by atoms with van der Waals surface area (Å²) in [5.41, 5.74) is 1.77. The van der Waals surface area contributed by atoms with Crippen molar-refractivity contribution in [1.82, 2.24) is 15.5 Å². The number of hydrogen-bond donors (Lipinski definition) is 2. The van der Waals surface area contributed by atoms with Crippen LogP contribution in [0.15, 0.2) is 46.8 Å². The lowest BCUT2D eigenvalue weighted by Crippen LogP contribution is -2.38. The van der Waals surface area contributed by atoms with Crippen LogP contribution in [0.5, 0.6) is 0 Å². The van der Waals surface area contributed by atoms with Crippen LogP contribution in [0.3, 0.4) is 0 Å². The first-order valence-corrected chi connectivity index (χ1v) is 9.33. The van der Waals surface area contributed by atoms with Crippen molar-refractivity contribution in [1.29, 1.82) is 0 Å². The molecule has 0 fully saturated rings. The molecule has 6 heteroatoms. The predicted molar refractivity (Wildman–Crippen MR) is 105 cm³/mol. The Balaban J connectivity index is 1.90. The van der Waals surface area contributed by atoms with E-state index in [0.717, 1.165) is 31.0 Å². The maximum Gasteiger partial charge on any atom is 0.253 e. The maximum atomic E-state index is 11.9. The highest BCUT2D eigenvalue weighted by atomic mass is 32.1. The summed E-state index contributed by atoms with van der Waals surface area (Å²) in [4.78, 5) is 19.5. The molecule has 1 aromatic carbocycles. The van der Waals surface area contributed by atoms with Crippen molar-refractivity contribution in [2.45, 2.75) is 19.9 Å². The molecular formula is C19H26N4OS. The van der Waals surface area contributed by atoms with E-state index in [0.29, 0.717) is 12.1 Å². The predicted octanol–water partition coefficient (Wildman–Crippen LogP) is 2.75. The molecule has 2 aromatic rings. The zero-order valence-corrected chi connectivity index (χ0v) is 15.9. The van der Waals surface area contributed by atoms with Crippen LogP contribution in [0.4, 0.5) is 0 Å². The third-order valence-electron chi connectivity index (χ3n) is 3.61. The molecule has 0 atom stereocenters. The maximum absolute atomic E-state index is 11.9. The summed E-state index contributed by atoms with van der Waals surface area (Å²) in [7, 11) is 3.51. The van der Waals surface area contributed by atoms with Crippen molar-refractivity contribution in [3.8, 4) is 0 Å². The molecule has 1 aromatic heterocycles. The molecule has 0 saturated carbocycles. The van der Waals surface area contributed by atoms with Gasteiger partial charge in [0.1, 0.15) is 0 Å². The highest BCUT2D eigenvalue weighted by Crippen LogP contribution is 2.09. The molecule has 134 valence electrons. The molecule has 2 N–H and O–H groups in total. The first-order valence-electron chi connectivity index (χ1n) is 8.45. The molecule has 0 aliphatic carbocycles. The van der Waals surface area contributed by atoms with Gasteiger partial charge in [-0.05, 0) is 42.5 Å². The lowest BCUT2D eigenvalue weighted by atomic mass is 10.1. The normalized spacial score (nSPS) is 11.2. The number of amides is 1. The smallest absolute Gasteiger partial charge is 0.253 e. The van der Waals surface area contributed by atoms with Gasteiger partial charge in [-0.2, -0.15) is 0 Å². The molecule has 1 amide bonds. The van der Waals surface area contributed by atoms with Gasteiger partial charge >= 0.3 is 0 Å². The number of nitrogens with zero attached hydrogens (tertiary/aromatic N) is 2. The number of thiophene rings is 1. The summed E-state index contributed by atoms with van der Waals surface area (Å²) in [5.74, 6) is 0.825. The van der Waals surface area contributed by atoms with E-state index in [1.54, 1.807) is 30.3 Å². The Morgan fingerprint density at radius 3 is 2.52 bits per heavy atom. The fourth-order valence-electron chi connectivity index (χ4n) is 2.28. The van der Waals surface area contributed by atoms with Crippen molar-refractivity contribution in [3.63, 3.8) is 0 Å². The Kier molecular flexibility index (Phi) is 7.47. The topological polar surface area (TPSA) is 56.7 Å². The van der Waals surface area contributed by atoms with E-state index >= 15 is 0 Å². The summed E-state index contributed by atoms with van der Waals surface area (Å²) in [6.45, 7) is 4.30. The van der Waals surface area contributed by atoms with E-state index in [2.05, 4.69) is 40.1 Å². The van der Waals surface area contributed by atoms with E-state index in [1.807, 2.05) is 24.3 Å². The largest absolute Gasteiger partial charge is 0.357 e. The minimum Gasteiger partial charge on any atom is -0.357 e. The van der Waals surface area contributed by atoms with Crippen LogP contribution in [-0.4, -0.2) is 44.0 Å². The molecule has 25 heavy (non-hydrogen) atoms. The zero-order valence-electron chi connectivity index (χ0n) is 15.1. The molecule has 0 spiro atoms. The SMILES string of the molecule is CCNC(=NCc1ccc(C(=O)N(C)C)cc1)NCCc1cccs1. The monoisotopic (exact) mass is 358 g/mol. The van der Waals surface area contributed by atoms with E-state index in [-0.39, 0.29) is 5.91 Å². The fraction of sp³-hybridized carbons (Fsp3) is 0.368. The Bertz CT molecular complexity index is 678. The quantitative estimate of drug-likeness (QED) is 0.591. The van der Waals surface area contributed by atoms with Gasteiger partial charge in [0, 0.05) is 37.6 Å². The lowest BCUT2D eigenvalue weighted by Gasteiger charge is -2.12. The Morgan fingerprint density at radius 2 is 1.92 bits per heavy atom. The molecule has 0 bridgehead atoms. The van der Waals surface area contributed by atoms with Gasteiger partial charge in [0.2, 0.25) is 0 Å². The zero-order chi connectivity index (χ0) is 18.1. The lowest BCUT2D eigenvalue weighted by molar-refractivity contribution is 0.0827. The average molecular weight is 359 g/mol. The van der Waals surface area contributed by atoms with Gasteiger partial charge < -0.3 is 15.5 Å². The Hall–Kier alpha value is -2.34. The van der Waals surface area contributed by atoms with Crippen molar-refractivity contribution >= 4 is 23.2 Å². The van der Waals surface area contributed by atoms with Crippen molar-refractivity contribution in [3.05, 3.63) is 57.8 Å². The number of carbonyl (C=O) groups excluding carboxylic acids is 1.